The average molecular weight is 403 g/mol. The van der Waals surface area contributed by atoms with E-state index < -0.39 is 0 Å². The summed E-state index contributed by atoms with van der Waals surface area (Å²) in [5.74, 6) is 1.93. The van der Waals surface area contributed by atoms with Crippen molar-refractivity contribution in [3.8, 4) is 0 Å². The van der Waals surface area contributed by atoms with Crippen molar-refractivity contribution in [1.82, 2.24) is 14.8 Å². The number of unbranched alkanes of at least 4 members (excludes halogenated alkanes) is 2. The molecule has 1 aromatic heterocycles. The second kappa shape index (κ2) is 8.07. The number of carbonyl (C=O) groups excluding carboxylic acids is 1. The van der Waals surface area contributed by atoms with E-state index >= 15 is 0 Å². The van der Waals surface area contributed by atoms with Crippen LogP contribution in [0, 0.1) is 0 Å². The number of ketones is 1. The normalized spacial score (nSPS) is 18.9. The number of hydrogen-bond acceptors (Lipinski definition) is 5. The van der Waals surface area contributed by atoms with Gasteiger partial charge < -0.3 is 5.32 Å². The van der Waals surface area contributed by atoms with Gasteiger partial charge >= 0.3 is 0 Å². The Bertz CT molecular complexity index is 875. The van der Waals surface area contributed by atoms with Gasteiger partial charge in [0.1, 0.15) is 6.04 Å². The molecule has 27 heavy (non-hydrogen) atoms. The van der Waals surface area contributed by atoms with Crippen LogP contribution in [-0.4, -0.2) is 26.3 Å². The topological polar surface area (TPSA) is 59.8 Å². The second-order valence-corrected chi connectivity index (χ2v) is 8.46. The number of anilines is 1. The third kappa shape index (κ3) is 3.78. The fourth-order valence-corrected chi connectivity index (χ4v) is 4.62. The Morgan fingerprint density at radius 2 is 2.07 bits per heavy atom. The molecule has 7 heteroatoms. The van der Waals surface area contributed by atoms with E-state index in [-0.39, 0.29) is 11.8 Å². The van der Waals surface area contributed by atoms with E-state index in [0.717, 1.165) is 53.0 Å². The number of nitrogens with one attached hydrogen (secondary N) is 1. The lowest BCUT2D eigenvalue weighted by Gasteiger charge is -2.32. The molecule has 2 aliphatic rings. The predicted octanol–water partition coefficient (Wildman–Crippen LogP) is 5.24. The molecule has 0 spiro atoms. The largest absolute Gasteiger partial charge is 0.328 e. The summed E-state index contributed by atoms with van der Waals surface area (Å²) >= 11 is 7.75. The maximum atomic E-state index is 12.7. The van der Waals surface area contributed by atoms with E-state index in [0.29, 0.717) is 11.4 Å². The van der Waals surface area contributed by atoms with Gasteiger partial charge in [-0.2, -0.15) is 4.98 Å². The highest BCUT2D eigenvalue weighted by Crippen LogP contribution is 2.40. The molecular weight excluding hydrogens is 380 g/mol. The molecule has 0 bridgehead atoms. The first-order valence-corrected chi connectivity index (χ1v) is 10.9. The maximum Gasteiger partial charge on any atom is 0.227 e. The van der Waals surface area contributed by atoms with Crippen LogP contribution in [0.1, 0.15) is 57.1 Å². The molecule has 0 unspecified atom stereocenters. The molecule has 1 aliphatic carbocycles. The van der Waals surface area contributed by atoms with Crippen molar-refractivity contribution in [1.29, 1.82) is 0 Å². The van der Waals surface area contributed by atoms with E-state index in [1.165, 1.54) is 12.8 Å². The molecule has 0 saturated heterocycles. The number of aromatic nitrogens is 3. The summed E-state index contributed by atoms with van der Waals surface area (Å²) in [6.45, 7) is 2.20. The van der Waals surface area contributed by atoms with E-state index in [1.54, 1.807) is 11.8 Å². The predicted molar refractivity (Wildman–Crippen MR) is 109 cm³/mol. The average Bonchev–Trinajstić information content (AvgIpc) is 3.07. The highest BCUT2D eigenvalue weighted by molar-refractivity contribution is 7.99. The smallest absolute Gasteiger partial charge is 0.227 e. The lowest BCUT2D eigenvalue weighted by Crippen LogP contribution is -2.31. The third-order valence-corrected chi connectivity index (χ3v) is 6.19. The van der Waals surface area contributed by atoms with Crippen LogP contribution >= 0.6 is 23.4 Å². The molecule has 1 aliphatic heterocycles. The van der Waals surface area contributed by atoms with Crippen LogP contribution in [0.3, 0.4) is 0 Å². The number of allylic oxidation sites excluding steroid dienone is 2. The Labute approximate surface area is 168 Å². The van der Waals surface area contributed by atoms with Crippen molar-refractivity contribution < 1.29 is 4.79 Å². The van der Waals surface area contributed by atoms with Crippen molar-refractivity contribution >= 4 is 35.1 Å². The summed E-state index contributed by atoms with van der Waals surface area (Å²) < 4.78 is 1.87. The molecule has 0 amide bonds. The van der Waals surface area contributed by atoms with Crippen molar-refractivity contribution in [3.05, 3.63) is 46.1 Å². The molecule has 0 fully saturated rings. The lowest BCUT2D eigenvalue weighted by molar-refractivity contribution is -0.116. The van der Waals surface area contributed by atoms with Gasteiger partial charge in [-0.25, -0.2) is 4.68 Å². The fraction of sp³-hybridized carbons (Fsp3) is 0.450. The van der Waals surface area contributed by atoms with E-state index in [1.807, 2.05) is 28.9 Å². The van der Waals surface area contributed by atoms with Gasteiger partial charge in [0.25, 0.3) is 0 Å². The number of benzene rings is 1. The second-order valence-electron chi connectivity index (χ2n) is 6.97. The Kier molecular flexibility index (Phi) is 5.55. The molecule has 142 valence electrons. The van der Waals surface area contributed by atoms with Crippen LogP contribution in [0.2, 0.25) is 5.02 Å². The zero-order chi connectivity index (χ0) is 18.8. The first kappa shape index (κ1) is 18.6. The summed E-state index contributed by atoms with van der Waals surface area (Å²) in [7, 11) is 0. The number of thioether (sulfide) groups is 1. The molecule has 1 N–H and O–H groups in total. The third-order valence-electron chi connectivity index (χ3n) is 5.01. The molecule has 1 aromatic carbocycles. The number of Topliss-reactive ketones (excluding diaryl/α,β-unsaturated/α-hetero) is 1. The maximum absolute atomic E-state index is 12.7. The molecule has 2 heterocycles. The van der Waals surface area contributed by atoms with Crippen molar-refractivity contribution in [2.75, 3.05) is 11.1 Å². The standard InChI is InChI=1S/C20H23ClN4OS/c1-2-3-4-12-27-20-23-19-22-15-6-5-7-16(26)17(15)18(25(19)24-20)13-8-10-14(21)11-9-13/h8-11,18H,2-7,12H2,1H3,(H,22,23,24)/t18-/m0/s1. The molecule has 5 nitrogen and oxygen atoms in total. The number of carbonyl (C=O) groups is 1. The molecule has 0 radical (unpaired) electrons. The number of rotatable bonds is 6. The van der Waals surface area contributed by atoms with Gasteiger partial charge in [0.05, 0.1) is 0 Å². The number of hydrogen-bond donors (Lipinski definition) is 1. The summed E-state index contributed by atoms with van der Waals surface area (Å²) in [4.78, 5) is 17.4. The van der Waals surface area contributed by atoms with Gasteiger partial charge in [0, 0.05) is 28.5 Å². The molecule has 1 atom stereocenters. The number of halogens is 1. The monoisotopic (exact) mass is 402 g/mol. The zero-order valence-corrected chi connectivity index (χ0v) is 16.9. The van der Waals surface area contributed by atoms with Crippen LogP contribution in [0.15, 0.2) is 40.7 Å². The summed E-state index contributed by atoms with van der Waals surface area (Å²) in [5, 5.41) is 9.56. The first-order valence-electron chi connectivity index (χ1n) is 9.55. The Morgan fingerprint density at radius 1 is 1.26 bits per heavy atom. The van der Waals surface area contributed by atoms with Gasteiger partial charge in [-0.05, 0) is 37.0 Å². The van der Waals surface area contributed by atoms with Gasteiger partial charge in [-0.1, -0.05) is 55.3 Å². The van der Waals surface area contributed by atoms with E-state index in [2.05, 4.69) is 17.2 Å². The van der Waals surface area contributed by atoms with Crippen LogP contribution in [0.4, 0.5) is 5.95 Å². The molecule has 4 rings (SSSR count). The van der Waals surface area contributed by atoms with Crippen molar-refractivity contribution in [3.63, 3.8) is 0 Å². The summed E-state index contributed by atoms with van der Waals surface area (Å²) in [6.07, 6.45) is 5.92. The highest BCUT2D eigenvalue weighted by Gasteiger charge is 2.36. The SMILES string of the molecule is CCCCCSc1nc2n(n1)[C@@H](c1ccc(Cl)cc1)C1=C(CCCC1=O)N2. The number of fused-ring (bicyclic) bond motifs is 1. The van der Waals surface area contributed by atoms with Gasteiger partial charge in [0.2, 0.25) is 11.1 Å². The molecule has 2 aromatic rings. The van der Waals surface area contributed by atoms with E-state index in [9.17, 15) is 4.79 Å². The van der Waals surface area contributed by atoms with Crippen LogP contribution in [-0.2, 0) is 4.79 Å². The zero-order valence-electron chi connectivity index (χ0n) is 15.4. The van der Waals surface area contributed by atoms with Crippen LogP contribution in [0.5, 0.6) is 0 Å². The van der Waals surface area contributed by atoms with Crippen LogP contribution in [0.25, 0.3) is 0 Å². The van der Waals surface area contributed by atoms with E-state index in [4.69, 9.17) is 16.7 Å². The van der Waals surface area contributed by atoms with Gasteiger partial charge in [-0.3, -0.25) is 4.79 Å². The quantitative estimate of drug-likeness (QED) is 0.529. The Balaban J connectivity index is 1.70. The molecular formula is C20H23ClN4OS. The minimum absolute atomic E-state index is 0.196. The van der Waals surface area contributed by atoms with Crippen molar-refractivity contribution in [2.45, 2.75) is 56.6 Å². The van der Waals surface area contributed by atoms with Gasteiger partial charge in [0.15, 0.2) is 5.78 Å². The summed E-state index contributed by atoms with van der Waals surface area (Å²) in [6, 6.07) is 7.44. The Morgan fingerprint density at radius 3 is 2.85 bits per heavy atom. The minimum atomic E-state index is -0.237. The van der Waals surface area contributed by atoms with Gasteiger partial charge in [-0.15, -0.1) is 5.10 Å². The fourth-order valence-electron chi connectivity index (χ4n) is 3.67. The first-order chi connectivity index (χ1) is 13.2. The lowest BCUT2D eigenvalue weighted by atomic mass is 9.85. The Hall–Kier alpha value is -1.79. The minimum Gasteiger partial charge on any atom is -0.328 e. The molecule has 0 saturated carbocycles. The van der Waals surface area contributed by atoms with Crippen molar-refractivity contribution in [2.24, 2.45) is 0 Å². The van der Waals surface area contributed by atoms with Crippen LogP contribution < -0.4 is 5.32 Å². The highest BCUT2D eigenvalue weighted by atomic mass is 35.5. The summed E-state index contributed by atoms with van der Waals surface area (Å²) in [5.41, 5.74) is 2.83. The number of nitrogens with zero attached hydrogens (tertiary/aromatic N) is 3.